The van der Waals surface area contributed by atoms with Crippen molar-refractivity contribution in [2.45, 2.75) is 19.4 Å². The fraction of sp³-hybridized carbons (Fsp3) is 0.562. The third kappa shape index (κ3) is 5.10. The molecule has 2 rings (SSSR count). The van der Waals surface area contributed by atoms with Crippen LogP contribution < -0.4 is 0 Å². The highest BCUT2D eigenvalue weighted by Gasteiger charge is 2.30. The SMILES string of the molecule is COCCN(Cc1ccccc1)C(=O)CC1CCS(=O)(=O)C1. The van der Waals surface area contributed by atoms with E-state index in [0.717, 1.165) is 5.56 Å². The number of rotatable bonds is 7. The van der Waals surface area contributed by atoms with Crippen LogP contribution >= 0.6 is 0 Å². The van der Waals surface area contributed by atoms with Gasteiger partial charge in [0.2, 0.25) is 5.91 Å². The minimum atomic E-state index is -2.94. The van der Waals surface area contributed by atoms with Gasteiger partial charge in [0, 0.05) is 26.6 Å². The van der Waals surface area contributed by atoms with Gasteiger partial charge in [-0.05, 0) is 17.9 Å². The molecule has 1 aromatic carbocycles. The number of benzene rings is 1. The number of hydrogen-bond acceptors (Lipinski definition) is 4. The van der Waals surface area contributed by atoms with Crippen molar-refractivity contribution >= 4 is 15.7 Å². The Morgan fingerprint density at radius 1 is 1.32 bits per heavy atom. The molecule has 22 heavy (non-hydrogen) atoms. The molecular weight excluding hydrogens is 302 g/mol. The Kier molecular flexibility index (Phi) is 5.97. The molecule has 0 spiro atoms. The van der Waals surface area contributed by atoms with Gasteiger partial charge >= 0.3 is 0 Å². The highest BCUT2D eigenvalue weighted by Crippen LogP contribution is 2.22. The van der Waals surface area contributed by atoms with E-state index in [0.29, 0.717) is 32.5 Å². The number of nitrogens with zero attached hydrogens (tertiary/aromatic N) is 1. The number of hydrogen-bond donors (Lipinski definition) is 0. The second-order valence-electron chi connectivity index (χ2n) is 5.77. The highest BCUT2D eigenvalue weighted by molar-refractivity contribution is 7.91. The van der Waals surface area contributed by atoms with E-state index < -0.39 is 9.84 Å². The Bertz CT molecular complexity index is 585. The van der Waals surface area contributed by atoms with Gasteiger partial charge in [0.1, 0.15) is 0 Å². The number of sulfone groups is 1. The Balaban J connectivity index is 1.97. The van der Waals surface area contributed by atoms with E-state index in [1.807, 2.05) is 30.3 Å². The van der Waals surface area contributed by atoms with Gasteiger partial charge in [-0.1, -0.05) is 30.3 Å². The predicted octanol–water partition coefficient (Wildman–Crippen LogP) is 1.49. The lowest BCUT2D eigenvalue weighted by Crippen LogP contribution is -2.34. The highest BCUT2D eigenvalue weighted by atomic mass is 32.2. The molecule has 0 saturated carbocycles. The summed E-state index contributed by atoms with van der Waals surface area (Å²) in [5, 5.41) is 0. The molecule has 0 aliphatic carbocycles. The van der Waals surface area contributed by atoms with Crippen LogP contribution in [0.3, 0.4) is 0 Å². The second kappa shape index (κ2) is 7.74. The van der Waals surface area contributed by atoms with Crippen LogP contribution in [-0.2, 0) is 25.9 Å². The smallest absolute Gasteiger partial charge is 0.223 e. The number of methoxy groups -OCH3 is 1. The van der Waals surface area contributed by atoms with Crippen LogP contribution in [-0.4, -0.2) is 51.0 Å². The summed E-state index contributed by atoms with van der Waals surface area (Å²) in [6.07, 6.45) is 0.896. The van der Waals surface area contributed by atoms with Gasteiger partial charge in [-0.2, -0.15) is 0 Å². The maximum Gasteiger partial charge on any atom is 0.223 e. The average molecular weight is 325 g/mol. The fourth-order valence-electron chi connectivity index (χ4n) is 2.71. The van der Waals surface area contributed by atoms with Crippen molar-refractivity contribution in [3.05, 3.63) is 35.9 Å². The fourth-order valence-corrected chi connectivity index (χ4v) is 4.57. The second-order valence-corrected chi connectivity index (χ2v) is 8.00. The molecule has 1 fully saturated rings. The topological polar surface area (TPSA) is 63.7 Å². The standard InChI is InChI=1S/C16H23NO4S/c1-21-9-8-17(12-14-5-3-2-4-6-14)16(18)11-15-7-10-22(19,20)13-15/h2-6,15H,7-13H2,1H3. The van der Waals surface area contributed by atoms with Gasteiger partial charge < -0.3 is 9.64 Å². The zero-order valence-corrected chi connectivity index (χ0v) is 13.7. The Hall–Kier alpha value is -1.40. The molecule has 1 aromatic rings. The van der Waals surface area contributed by atoms with Crippen LogP contribution in [0.2, 0.25) is 0 Å². The Morgan fingerprint density at radius 3 is 2.64 bits per heavy atom. The largest absolute Gasteiger partial charge is 0.383 e. The third-order valence-electron chi connectivity index (χ3n) is 3.92. The molecule has 1 saturated heterocycles. The normalized spacial score (nSPS) is 20.0. The lowest BCUT2D eigenvalue weighted by Gasteiger charge is -2.24. The maximum atomic E-state index is 12.5. The molecule has 1 atom stereocenters. The summed E-state index contributed by atoms with van der Waals surface area (Å²) in [5.41, 5.74) is 1.06. The molecule has 1 unspecified atom stereocenters. The van der Waals surface area contributed by atoms with Crippen LogP contribution in [0.5, 0.6) is 0 Å². The first kappa shape index (κ1) is 17.0. The molecule has 122 valence electrons. The molecule has 0 bridgehead atoms. The van der Waals surface area contributed by atoms with Crippen LogP contribution in [0, 0.1) is 5.92 Å². The van der Waals surface area contributed by atoms with Gasteiger partial charge in [-0.25, -0.2) is 8.42 Å². The van der Waals surface area contributed by atoms with Gasteiger partial charge in [-0.15, -0.1) is 0 Å². The van der Waals surface area contributed by atoms with Crippen LogP contribution in [0.25, 0.3) is 0 Å². The van der Waals surface area contributed by atoms with Crippen molar-refractivity contribution in [1.82, 2.24) is 4.90 Å². The average Bonchev–Trinajstić information content (AvgIpc) is 2.83. The lowest BCUT2D eigenvalue weighted by atomic mass is 10.0. The molecule has 1 amide bonds. The van der Waals surface area contributed by atoms with E-state index in [9.17, 15) is 13.2 Å². The molecule has 1 heterocycles. The molecular formula is C16H23NO4S. The zero-order valence-electron chi connectivity index (χ0n) is 12.9. The number of carbonyl (C=O) groups is 1. The number of amides is 1. The third-order valence-corrected chi connectivity index (χ3v) is 5.76. The minimum Gasteiger partial charge on any atom is -0.383 e. The van der Waals surface area contributed by atoms with Crippen molar-refractivity contribution < 1.29 is 17.9 Å². The maximum absolute atomic E-state index is 12.5. The Labute approximate surface area is 132 Å². The van der Waals surface area contributed by atoms with Gasteiger partial charge in [0.05, 0.1) is 18.1 Å². The summed E-state index contributed by atoms with van der Waals surface area (Å²) in [6, 6.07) is 9.78. The quantitative estimate of drug-likeness (QED) is 0.762. The summed E-state index contributed by atoms with van der Waals surface area (Å²) < 4.78 is 28.1. The molecule has 0 N–H and O–H groups in total. The molecule has 0 radical (unpaired) electrons. The molecule has 0 aromatic heterocycles. The first-order valence-electron chi connectivity index (χ1n) is 7.51. The molecule has 1 aliphatic rings. The molecule has 1 aliphatic heterocycles. The first-order chi connectivity index (χ1) is 10.5. The van der Waals surface area contributed by atoms with Crippen LogP contribution in [0.1, 0.15) is 18.4 Å². The summed E-state index contributed by atoms with van der Waals surface area (Å²) in [6.45, 7) is 1.52. The summed E-state index contributed by atoms with van der Waals surface area (Å²) in [4.78, 5) is 14.2. The molecule has 5 nitrogen and oxygen atoms in total. The number of carbonyl (C=O) groups excluding carboxylic acids is 1. The van der Waals surface area contributed by atoms with Crippen LogP contribution in [0.4, 0.5) is 0 Å². The molecule has 6 heteroatoms. The van der Waals surface area contributed by atoms with Gasteiger partial charge in [0.25, 0.3) is 0 Å². The van der Waals surface area contributed by atoms with E-state index >= 15 is 0 Å². The van der Waals surface area contributed by atoms with Crippen molar-refractivity contribution in [3.8, 4) is 0 Å². The van der Waals surface area contributed by atoms with Crippen molar-refractivity contribution in [2.75, 3.05) is 31.8 Å². The minimum absolute atomic E-state index is 0.00278. The van der Waals surface area contributed by atoms with E-state index in [2.05, 4.69) is 0 Å². The van der Waals surface area contributed by atoms with E-state index in [4.69, 9.17) is 4.74 Å². The van der Waals surface area contributed by atoms with Crippen molar-refractivity contribution in [1.29, 1.82) is 0 Å². The predicted molar refractivity (Wildman–Crippen MR) is 85.1 cm³/mol. The number of ether oxygens (including phenoxy) is 1. The lowest BCUT2D eigenvalue weighted by molar-refractivity contribution is -0.133. The summed E-state index contributed by atoms with van der Waals surface area (Å²) in [5.74, 6) is 0.311. The van der Waals surface area contributed by atoms with Gasteiger partial charge in [-0.3, -0.25) is 4.79 Å². The van der Waals surface area contributed by atoms with Gasteiger partial charge in [0.15, 0.2) is 9.84 Å². The van der Waals surface area contributed by atoms with Crippen molar-refractivity contribution in [2.24, 2.45) is 5.92 Å². The van der Waals surface area contributed by atoms with E-state index in [-0.39, 0.29) is 23.3 Å². The van der Waals surface area contributed by atoms with E-state index in [1.165, 1.54) is 0 Å². The Morgan fingerprint density at radius 2 is 2.05 bits per heavy atom. The van der Waals surface area contributed by atoms with Crippen LogP contribution in [0.15, 0.2) is 30.3 Å². The van der Waals surface area contributed by atoms with Crippen molar-refractivity contribution in [3.63, 3.8) is 0 Å². The summed E-state index contributed by atoms with van der Waals surface area (Å²) in [7, 11) is -1.33. The zero-order chi connectivity index (χ0) is 16.0. The monoisotopic (exact) mass is 325 g/mol. The van der Waals surface area contributed by atoms with E-state index in [1.54, 1.807) is 12.0 Å². The first-order valence-corrected chi connectivity index (χ1v) is 9.33. The summed E-state index contributed by atoms with van der Waals surface area (Å²) >= 11 is 0.